The lowest BCUT2D eigenvalue weighted by molar-refractivity contribution is 0.0830. The van der Waals surface area contributed by atoms with Crippen LogP contribution in [0, 0.1) is 0 Å². The Kier molecular flexibility index (Phi) is 10.6. The molecule has 0 radical (unpaired) electrons. The van der Waals surface area contributed by atoms with Crippen molar-refractivity contribution in [3.05, 3.63) is 83.7 Å². The zero-order chi connectivity index (χ0) is 29.2. The van der Waals surface area contributed by atoms with Crippen LogP contribution in [0.25, 0.3) is 0 Å². The lowest BCUT2D eigenvalue weighted by atomic mass is 10.0. The van der Waals surface area contributed by atoms with E-state index in [2.05, 4.69) is 20.9 Å². The van der Waals surface area contributed by atoms with Gasteiger partial charge in [0.1, 0.15) is 5.75 Å². The first kappa shape index (κ1) is 30.3. The second-order valence-electron chi connectivity index (χ2n) is 10.1. The molecular formula is C30H39N5O5S. The topological polar surface area (TPSA) is 133 Å². The quantitative estimate of drug-likeness (QED) is 0.242. The number of anilines is 2. The Morgan fingerprint density at radius 1 is 1.12 bits per heavy atom. The average molecular weight is 582 g/mol. The lowest BCUT2D eigenvalue weighted by Crippen LogP contribution is -2.48. The number of amides is 1. The molecule has 0 aliphatic carbocycles. The van der Waals surface area contributed by atoms with Crippen molar-refractivity contribution < 1.29 is 23.1 Å². The van der Waals surface area contributed by atoms with Crippen molar-refractivity contribution in [2.24, 2.45) is 0 Å². The number of sulfonamides is 1. The molecule has 4 N–H and O–H groups in total. The summed E-state index contributed by atoms with van der Waals surface area (Å²) in [6.07, 6.45) is 4.21. The summed E-state index contributed by atoms with van der Waals surface area (Å²) in [5, 5.41) is 20.6. The average Bonchev–Trinajstić information content (AvgIpc) is 2.97. The molecule has 3 aromatic rings. The Bertz CT molecular complexity index is 1400. The third-order valence-electron chi connectivity index (χ3n) is 6.97. The minimum atomic E-state index is -3.45. The molecule has 2 aromatic carbocycles. The van der Waals surface area contributed by atoms with Crippen LogP contribution in [0.4, 0.5) is 11.4 Å². The molecule has 1 amide bonds. The minimum absolute atomic E-state index is 0.0854. The van der Waals surface area contributed by atoms with Gasteiger partial charge in [0.2, 0.25) is 10.0 Å². The van der Waals surface area contributed by atoms with Gasteiger partial charge in [0.25, 0.3) is 5.91 Å². The van der Waals surface area contributed by atoms with Gasteiger partial charge in [-0.2, -0.15) is 0 Å². The molecule has 10 nitrogen and oxygen atoms in total. The van der Waals surface area contributed by atoms with Crippen molar-refractivity contribution in [2.75, 3.05) is 42.1 Å². The molecule has 41 heavy (non-hydrogen) atoms. The monoisotopic (exact) mass is 581 g/mol. The number of hydrogen-bond acceptors (Lipinski definition) is 8. The van der Waals surface area contributed by atoms with Gasteiger partial charge in [-0.1, -0.05) is 18.2 Å². The van der Waals surface area contributed by atoms with Gasteiger partial charge in [-0.25, -0.2) is 8.42 Å². The van der Waals surface area contributed by atoms with Gasteiger partial charge in [0, 0.05) is 49.8 Å². The molecule has 220 valence electrons. The number of ether oxygens (including phenoxy) is 1. The fraction of sp³-hybridized carbons (Fsp3) is 0.400. The van der Waals surface area contributed by atoms with E-state index in [9.17, 15) is 18.3 Å². The number of nitrogens with one attached hydrogen (secondary N) is 3. The Hall–Kier alpha value is -3.67. The van der Waals surface area contributed by atoms with E-state index in [0.717, 1.165) is 23.3 Å². The first-order valence-electron chi connectivity index (χ1n) is 13.9. The maximum absolute atomic E-state index is 13.6. The molecule has 0 spiro atoms. The van der Waals surface area contributed by atoms with Gasteiger partial charge < -0.3 is 25.8 Å². The molecule has 0 unspecified atom stereocenters. The second kappa shape index (κ2) is 14.3. The molecule has 1 fully saturated rings. The van der Waals surface area contributed by atoms with Crippen LogP contribution in [0.1, 0.15) is 41.3 Å². The van der Waals surface area contributed by atoms with Crippen LogP contribution in [-0.2, 0) is 23.0 Å². The number of benzene rings is 2. The number of rotatable bonds is 13. The summed E-state index contributed by atoms with van der Waals surface area (Å²) >= 11 is 0. The molecule has 1 aliphatic heterocycles. The number of aliphatic hydroxyl groups excluding tert-OH is 1. The van der Waals surface area contributed by atoms with Crippen LogP contribution in [0.3, 0.4) is 0 Å². The third kappa shape index (κ3) is 8.42. The summed E-state index contributed by atoms with van der Waals surface area (Å²) in [6.45, 7) is 3.67. The number of pyridine rings is 1. The van der Waals surface area contributed by atoms with E-state index < -0.39 is 28.1 Å². The van der Waals surface area contributed by atoms with Crippen LogP contribution in [0.2, 0.25) is 0 Å². The van der Waals surface area contributed by atoms with E-state index >= 15 is 0 Å². The SMILES string of the molecule is CCNc1cc(C(=O)N[C@@H](Cc2cccnc2)[C@H](O)CNCc2cccc(OC)c2)cc(N2CCCCS2(=O)=O)c1. The summed E-state index contributed by atoms with van der Waals surface area (Å²) < 4.78 is 32.3. The minimum Gasteiger partial charge on any atom is -0.497 e. The number of aromatic nitrogens is 1. The fourth-order valence-electron chi connectivity index (χ4n) is 4.87. The Balaban J connectivity index is 1.53. The number of methoxy groups -OCH3 is 1. The summed E-state index contributed by atoms with van der Waals surface area (Å²) in [7, 11) is -1.84. The van der Waals surface area contributed by atoms with Crippen molar-refractivity contribution >= 4 is 27.3 Å². The normalized spacial score (nSPS) is 16.0. The molecule has 0 bridgehead atoms. The maximum Gasteiger partial charge on any atom is 0.251 e. The van der Waals surface area contributed by atoms with Crippen LogP contribution in [0.5, 0.6) is 5.75 Å². The Labute approximate surface area is 242 Å². The van der Waals surface area contributed by atoms with Crippen molar-refractivity contribution in [1.82, 2.24) is 15.6 Å². The van der Waals surface area contributed by atoms with Gasteiger partial charge >= 0.3 is 0 Å². The van der Waals surface area contributed by atoms with Gasteiger partial charge in [0.05, 0.1) is 30.7 Å². The van der Waals surface area contributed by atoms with Crippen LogP contribution >= 0.6 is 0 Å². The lowest BCUT2D eigenvalue weighted by Gasteiger charge is -2.29. The Morgan fingerprint density at radius 2 is 1.95 bits per heavy atom. The number of hydrogen-bond donors (Lipinski definition) is 4. The van der Waals surface area contributed by atoms with Crippen molar-refractivity contribution in [3.8, 4) is 5.75 Å². The van der Waals surface area contributed by atoms with Gasteiger partial charge in [-0.3, -0.25) is 14.1 Å². The number of aliphatic hydroxyl groups is 1. The van der Waals surface area contributed by atoms with E-state index in [-0.39, 0.29) is 12.3 Å². The first-order chi connectivity index (χ1) is 19.8. The molecule has 0 saturated carbocycles. The highest BCUT2D eigenvalue weighted by molar-refractivity contribution is 7.92. The zero-order valence-electron chi connectivity index (χ0n) is 23.5. The van der Waals surface area contributed by atoms with Gasteiger partial charge in [0.15, 0.2) is 0 Å². The molecule has 1 aromatic heterocycles. The molecule has 11 heteroatoms. The predicted molar refractivity (Wildman–Crippen MR) is 161 cm³/mol. The zero-order valence-corrected chi connectivity index (χ0v) is 24.4. The first-order valence-corrected chi connectivity index (χ1v) is 15.5. The van der Waals surface area contributed by atoms with E-state index in [0.29, 0.717) is 49.4 Å². The van der Waals surface area contributed by atoms with E-state index in [1.807, 2.05) is 43.3 Å². The highest BCUT2D eigenvalue weighted by Crippen LogP contribution is 2.28. The van der Waals surface area contributed by atoms with Crippen molar-refractivity contribution in [1.29, 1.82) is 0 Å². The summed E-state index contributed by atoms with van der Waals surface area (Å²) in [5.74, 6) is 0.437. The molecule has 2 heterocycles. The summed E-state index contributed by atoms with van der Waals surface area (Å²) in [5.41, 5.74) is 3.29. The molecular weight excluding hydrogens is 542 g/mol. The van der Waals surface area contributed by atoms with Crippen LogP contribution in [-0.4, -0.2) is 69.1 Å². The molecule has 4 rings (SSSR count). The third-order valence-corrected chi connectivity index (χ3v) is 8.84. The maximum atomic E-state index is 13.6. The second-order valence-corrected chi connectivity index (χ2v) is 12.1. The Morgan fingerprint density at radius 3 is 2.68 bits per heavy atom. The fourth-order valence-corrected chi connectivity index (χ4v) is 6.49. The number of nitrogens with zero attached hydrogens (tertiary/aromatic N) is 2. The van der Waals surface area contributed by atoms with Crippen LogP contribution < -0.4 is 25.0 Å². The largest absolute Gasteiger partial charge is 0.497 e. The van der Waals surface area contributed by atoms with Crippen molar-refractivity contribution in [2.45, 2.75) is 44.9 Å². The number of carbonyl (C=O) groups excluding carboxylic acids is 1. The highest BCUT2D eigenvalue weighted by atomic mass is 32.2. The smallest absolute Gasteiger partial charge is 0.251 e. The summed E-state index contributed by atoms with van der Waals surface area (Å²) in [4.78, 5) is 17.8. The van der Waals surface area contributed by atoms with E-state index in [4.69, 9.17) is 4.74 Å². The standard InChI is InChI=1S/C30H39N5O5S/c1-3-33-25-16-24(17-26(18-25)35-12-4-5-13-41(35,38)39)30(37)34-28(15-23-9-7-11-31-19-23)29(36)21-32-20-22-8-6-10-27(14-22)40-2/h6-11,14,16-19,28-29,32-33,36H,3-5,12-13,15,20-21H2,1-2H3,(H,34,37)/t28-,29+/m0/s1. The van der Waals surface area contributed by atoms with Gasteiger partial charge in [-0.15, -0.1) is 0 Å². The number of carbonyl (C=O) groups is 1. The highest BCUT2D eigenvalue weighted by Gasteiger charge is 2.28. The summed E-state index contributed by atoms with van der Waals surface area (Å²) in [6, 6.07) is 15.8. The van der Waals surface area contributed by atoms with E-state index in [1.54, 1.807) is 37.7 Å². The predicted octanol–water partition coefficient (Wildman–Crippen LogP) is 2.94. The molecule has 2 atom stereocenters. The molecule has 1 saturated heterocycles. The molecule has 1 aliphatic rings. The van der Waals surface area contributed by atoms with Crippen LogP contribution in [0.15, 0.2) is 67.0 Å². The van der Waals surface area contributed by atoms with Gasteiger partial charge in [-0.05, 0) is 73.7 Å². The van der Waals surface area contributed by atoms with Crippen molar-refractivity contribution in [3.63, 3.8) is 0 Å². The van der Waals surface area contributed by atoms with E-state index in [1.165, 1.54) is 4.31 Å².